The fourth-order valence-electron chi connectivity index (χ4n) is 2.90. The number of benzene rings is 2. The fourth-order valence-corrected chi connectivity index (χ4v) is 4.79. The third-order valence-electron chi connectivity index (χ3n) is 4.18. The zero-order valence-corrected chi connectivity index (χ0v) is 15.9. The molecule has 0 amide bonds. The predicted molar refractivity (Wildman–Crippen MR) is 96.2 cm³/mol. The molecule has 1 fully saturated rings. The van der Waals surface area contributed by atoms with Gasteiger partial charge in [-0.25, -0.2) is 17.2 Å². The van der Waals surface area contributed by atoms with Crippen LogP contribution >= 0.6 is 15.9 Å². The molecule has 26 heavy (non-hydrogen) atoms. The molecule has 136 valence electrons. The van der Waals surface area contributed by atoms with E-state index in [9.17, 15) is 22.5 Å². The summed E-state index contributed by atoms with van der Waals surface area (Å²) < 4.78 is 54.8. The SMILES string of the molecule is N#Cc1cc(Br)ccc1N1CCN(S(=O)(=O)c2c(F)cccc2F)CC1. The fraction of sp³-hybridized carbons (Fsp3) is 0.235. The van der Waals surface area contributed by atoms with Gasteiger partial charge in [-0.3, -0.25) is 0 Å². The van der Waals surface area contributed by atoms with Crippen LogP contribution in [0.2, 0.25) is 0 Å². The molecule has 0 saturated carbocycles. The van der Waals surface area contributed by atoms with Crippen molar-refractivity contribution in [2.75, 3.05) is 31.1 Å². The first-order chi connectivity index (χ1) is 12.3. The molecule has 0 aromatic heterocycles. The number of sulfonamides is 1. The highest BCUT2D eigenvalue weighted by molar-refractivity contribution is 9.10. The molecule has 0 N–H and O–H groups in total. The number of piperazine rings is 1. The largest absolute Gasteiger partial charge is 0.368 e. The van der Waals surface area contributed by atoms with Gasteiger partial charge >= 0.3 is 0 Å². The van der Waals surface area contributed by atoms with E-state index in [1.54, 1.807) is 18.2 Å². The van der Waals surface area contributed by atoms with Gasteiger partial charge in [0.25, 0.3) is 0 Å². The number of anilines is 1. The van der Waals surface area contributed by atoms with Crippen molar-refractivity contribution in [3.05, 3.63) is 58.1 Å². The molecule has 1 heterocycles. The Morgan fingerprint density at radius 1 is 1.04 bits per heavy atom. The molecule has 9 heteroatoms. The Bertz CT molecular complexity index is 964. The van der Waals surface area contributed by atoms with E-state index in [4.69, 9.17) is 0 Å². The molecule has 1 saturated heterocycles. The van der Waals surface area contributed by atoms with Crippen molar-refractivity contribution in [2.45, 2.75) is 4.90 Å². The normalized spacial score (nSPS) is 15.7. The molecule has 0 bridgehead atoms. The lowest BCUT2D eigenvalue weighted by atomic mass is 10.1. The van der Waals surface area contributed by atoms with Crippen molar-refractivity contribution in [1.29, 1.82) is 5.26 Å². The average Bonchev–Trinajstić information content (AvgIpc) is 2.61. The van der Waals surface area contributed by atoms with Crippen molar-refractivity contribution in [3.8, 4) is 6.07 Å². The molecule has 1 aliphatic rings. The van der Waals surface area contributed by atoms with Gasteiger partial charge in [-0.1, -0.05) is 22.0 Å². The van der Waals surface area contributed by atoms with Crippen LogP contribution in [0.25, 0.3) is 0 Å². The number of rotatable bonds is 3. The van der Waals surface area contributed by atoms with Gasteiger partial charge in [-0.2, -0.15) is 9.57 Å². The van der Waals surface area contributed by atoms with E-state index in [0.29, 0.717) is 24.3 Å². The summed E-state index contributed by atoms with van der Waals surface area (Å²) in [6, 6.07) is 10.4. The molecule has 0 unspecified atom stereocenters. The van der Waals surface area contributed by atoms with Crippen LogP contribution in [-0.2, 0) is 10.0 Å². The number of hydrogen-bond acceptors (Lipinski definition) is 4. The van der Waals surface area contributed by atoms with Crippen LogP contribution < -0.4 is 4.90 Å². The van der Waals surface area contributed by atoms with Gasteiger partial charge in [0.2, 0.25) is 10.0 Å². The molecule has 1 aliphatic heterocycles. The molecule has 2 aromatic rings. The Morgan fingerprint density at radius 2 is 1.65 bits per heavy atom. The number of nitrogens with zero attached hydrogens (tertiary/aromatic N) is 3. The Balaban J connectivity index is 1.82. The monoisotopic (exact) mass is 441 g/mol. The summed E-state index contributed by atoms with van der Waals surface area (Å²) in [5.74, 6) is -2.21. The van der Waals surface area contributed by atoms with Gasteiger partial charge in [-0.05, 0) is 30.3 Å². The maximum Gasteiger partial charge on any atom is 0.249 e. The topological polar surface area (TPSA) is 64.4 Å². The second-order valence-electron chi connectivity index (χ2n) is 5.72. The molecule has 5 nitrogen and oxygen atoms in total. The summed E-state index contributed by atoms with van der Waals surface area (Å²) in [7, 11) is -4.27. The van der Waals surface area contributed by atoms with Crippen molar-refractivity contribution in [3.63, 3.8) is 0 Å². The van der Waals surface area contributed by atoms with Gasteiger partial charge < -0.3 is 4.90 Å². The van der Waals surface area contributed by atoms with E-state index < -0.39 is 26.6 Å². The average molecular weight is 442 g/mol. The Labute approximate surface area is 158 Å². The highest BCUT2D eigenvalue weighted by Gasteiger charge is 2.33. The molecular formula is C17H14BrF2N3O2S. The minimum atomic E-state index is -4.27. The van der Waals surface area contributed by atoms with E-state index in [1.807, 2.05) is 4.90 Å². The van der Waals surface area contributed by atoms with Crippen LogP contribution in [-0.4, -0.2) is 38.9 Å². The summed E-state index contributed by atoms with van der Waals surface area (Å²) in [6.45, 7) is 0.755. The zero-order valence-electron chi connectivity index (χ0n) is 13.5. The summed E-state index contributed by atoms with van der Waals surface area (Å²) in [5.41, 5.74) is 1.17. The molecule has 2 aromatic carbocycles. The van der Waals surface area contributed by atoms with Crippen LogP contribution in [0, 0.1) is 23.0 Å². The lowest BCUT2D eigenvalue weighted by Crippen LogP contribution is -2.49. The van der Waals surface area contributed by atoms with Crippen molar-refractivity contribution >= 4 is 31.6 Å². The first-order valence-electron chi connectivity index (χ1n) is 7.73. The van der Waals surface area contributed by atoms with Gasteiger partial charge in [0.05, 0.1) is 11.3 Å². The second-order valence-corrected chi connectivity index (χ2v) is 8.51. The second kappa shape index (κ2) is 7.31. The quantitative estimate of drug-likeness (QED) is 0.733. The van der Waals surface area contributed by atoms with Crippen molar-refractivity contribution < 1.29 is 17.2 Å². The Morgan fingerprint density at radius 3 is 2.23 bits per heavy atom. The molecule has 0 spiro atoms. The van der Waals surface area contributed by atoms with E-state index in [0.717, 1.165) is 27.0 Å². The van der Waals surface area contributed by atoms with Gasteiger partial charge in [-0.15, -0.1) is 0 Å². The molecule has 0 radical (unpaired) electrons. The van der Waals surface area contributed by atoms with E-state index in [1.165, 1.54) is 0 Å². The van der Waals surface area contributed by atoms with E-state index in [2.05, 4.69) is 22.0 Å². The van der Waals surface area contributed by atoms with Gasteiger partial charge in [0.15, 0.2) is 4.90 Å². The van der Waals surface area contributed by atoms with Crippen LogP contribution in [0.5, 0.6) is 0 Å². The molecule has 0 atom stereocenters. The summed E-state index contributed by atoms with van der Waals surface area (Å²) in [6.07, 6.45) is 0. The molecule has 3 rings (SSSR count). The minimum Gasteiger partial charge on any atom is -0.368 e. The summed E-state index contributed by atoms with van der Waals surface area (Å²) in [5, 5.41) is 9.28. The maximum atomic E-state index is 13.9. The summed E-state index contributed by atoms with van der Waals surface area (Å²) >= 11 is 3.31. The number of halogens is 3. The Hall–Kier alpha value is -2.02. The lowest BCUT2D eigenvalue weighted by molar-refractivity contribution is 0.378. The predicted octanol–water partition coefficient (Wildman–Crippen LogP) is 3.11. The molecule has 0 aliphatic carbocycles. The van der Waals surface area contributed by atoms with Crippen LogP contribution in [0.1, 0.15) is 5.56 Å². The first kappa shape index (κ1) is 18.8. The van der Waals surface area contributed by atoms with Crippen molar-refractivity contribution in [2.24, 2.45) is 0 Å². The first-order valence-corrected chi connectivity index (χ1v) is 9.96. The zero-order chi connectivity index (χ0) is 18.9. The maximum absolute atomic E-state index is 13.9. The van der Waals surface area contributed by atoms with Crippen LogP contribution in [0.15, 0.2) is 45.8 Å². The third-order valence-corrected chi connectivity index (χ3v) is 6.62. The summed E-state index contributed by atoms with van der Waals surface area (Å²) in [4.78, 5) is 0.962. The van der Waals surface area contributed by atoms with Crippen LogP contribution in [0.3, 0.4) is 0 Å². The van der Waals surface area contributed by atoms with Crippen molar-refractivity contribution in [1.82, 2.24) is 4.31 Å². The van der Waals surface area contributed by atoms with E-state index in [-0.39, 0.29) is 13.1 Å². The van der Waals surface area contributed by atoms with Crippen LogP contribution in [0.4, 0.5) is 14.5 Å². The minimum absolute atomic E-state index is 0.0665. The highest BCUT2D eigenvalue weighted by atomic mass is 79.9. The van der Waals surface area contributed by atoms with Gasteiger partial charge in [0.1, 0.15) is 17.7 Å². The molecular weight excluding hydrogens is 428 g/mol. The lowest BCUT2D eigenvalue weighted by Gasteiger charge is -2.35. The standard InChI is InChI=1S/C17H14BrF2N3O2S/c18-13-4-5-16(12(10-13)11-21)22-6-8-23(9-7-22)26(24,25)17-14(19)2-1-3-15(17)20/h1-5,10H,6-9H2. The highest BCUT2D eigenvalue weighted by Crippen LogP contribution is 2.27. The van der Waals surface area contributed by atoms with Gasteiger partial charge in [0, 0.05) is 30.7 Å². The third kappa shape index (κ3) is 3.45. The number of nitriles is 1. The smallest absolute Gasteiger partial charge is 0.249 e. The number of hydrogen-bond donors (Lipinski definition) is 0. The van der Waals surface area contributed by atoms with E-state index >= 15 is 0 Å². The Kier molecular flexibility index (Phi) is 5.27.